The second kappa shape index (κ2) is 2.59. The van der Waals surface area contributed by atoms with E-state index in [1.165, 1.54) is 6.42 Å². The topological polar surface area (TPSA) is 40.7 Å². The average Bonchev–Trinajstić information content (AvgIpc) is 2.55. The molecule has 2 heterocycles. The normalized spacial score (nSPS) is 27.7. The van der Waals surface area contributed by atoms with E-state index in [0.29, 0.717) is 11.5 Å². The minimum atomic E-state index is 0.414. The monoisotopic (exact) mass is 165 g/mol. The summed E-state index contributed by atoms with van der Waals surface area (Å²) in [6.45, 7) is 5.64. The molecule has 1 fully saturated rings. The summed E-state index contributed by atoms with van der Waals surface area (Å²) >= 11 is 0. The van der Waals surface area contributed by atoms with Gasteiger partial charge in [0.1, 0.15) is 5.82 Å². The number of aromatic amines is 1. The Labute approximate surface area is 72.6 Å². The van der Waals surface area contributed by atoms with Crippen molar-refractivity contribution < 1.29 is 0 Å². The second-order valence-electron chi connectivity index (χ2n) is 4.28. The molecule has 66 valence electrons. The van der Waals surface area contributed by atoms with Crippen molar-refractivity contribution in [2.45, 2.75) is 26.3 Å². The Kier molecular flexibility index (Phi) is 1.68. The van der Waals surface area contributed by atoms with Gasteiger partial charge in [-0.05, 0) is 11.8 Å². The van der Waals surface area contributed by atoms with E-state index in [2.05, 4.69) is 29.1 Å². The summed E-state index contributed by atoms with van der Waals surface area (Å²) in [5.41, 5.74) is 0.414. The molecule has 1 atom stereocenters. The molecule has 3 nitrogen and oxygen atoms in total. The van der Waals surface area contributed by atoms with Gasteiger partial charge in [-0.1, -0.05) is 13.8 Å². The highest BCUT2D eigenvalue weighted by Crippen LogP contribution is 2.33. The maximum absolute atomic E-state index is 4.25. The molecule has 0 bridgehead atoms. The van der Waals surface area contributed by atoms with Crippen molar-refractivity contribution in [2.75, 3.05) is 6.54 Å². The standard InChI is InChI=1S/C9H15N3/c1-9(2)5-7(12-6-9)8-10-3-4-11-8/h3-4,7,12H,5-6H2,1-2H3,(H,10,11)/t7-/m0/s1. The van der Waals surface area contributed by atoms with Gasteiger partial charge in [0.15, 0.2) is 0 Å². The molecule has 1 aromatic rings. The van der Waals surface area contributed by atoms with Gasteiger partial charge in [0.25, 0.3) is 0 Å². The highest BCUT2D eigenvalue weighted by atomic mass is 15.0. The van der Waals surface area contributed by atoms with Crippen LogP contribution in [0.4, 0.5) is 0 Å². The fourth-order valence-corrected chi connectivity index (χ4v) is 1.76. The highest BCUT2D eigenvalue weighted by Gasteiger charge is 2.32. The molecule has 0 aromatic carbocycles. The van der Waals surface area contributed by atoms with Gasteiger partial charge in [0.05, 0.1) is 6.04 Å². The van der Waals surface area contributed by atoms with Crippen molar-refractivity contribution in [3.8, 4) is 0 Å². The highest BCUT2D eigenvalue weighted by molar-refractivity contribution is 5.01. The van der Waals surface area contributed by atoms with E-state index in [0.717, 1.165) is 12.4 Å². The zero-order valence-electron chi connectivity index (χ0n) is 7.59. The van der Waals surface area contributed by atoms with E-state index in [-0.39, 0.29) is 0 Å². The van der Waals surface area contributed by atoms with Crippen LogP contribution in [0, 0.1) is 5.41 Å². The van der Waals surface area contributed by atoms with E-state index in [1.807, 2.05) is 12.4 Å². The van der Waals surface area contributed by atoms with E-state index >= 15 is 0 Å². The molecule has 2 rings (SSSR count). The van der Waals surface area contributed by atoms with Crippen LogP contribution in [0.1, 0.15) is 32.1 Å². The Morgan fingerprint density at radius 1 is 1.58 bits per heavy atom. The van der Waals surface area contributed by atoms with Crippen molar-refractivity contribution in [1.29, 1.82) is 0 Å². The number of nitrogens with zero attached hydrogens (tertiary/aromatic N) is 1. The maximum atomic E-state index is 4.25. The van der Waals surface area contributed by atoms with Crippen LogP contribution in [0.15, 0.2) is 12.4 Å². The average molecular weight is 165 g/mol. The summed E-state index contributed by atoms with van der Waals surface area (Å²) < 4.78 is 0. The van der Waals surface area contributed by atoms with Crippen LogP contribution in [-0.4, -0.2) is 16.5 Å². The summed E-state index contributed by atoms with van der Waals surface area (Å²) in [6.07, 6.45) is 4.85. The van der Waals surface area contributed by atoms with Crippen LogP contribution < -0.4 is 5.32 Å². The smallest absolute Gasteiger partial charge is 0.123 e. The minimum absolute atomic E-state index is 0.414. The van der Waals surface area contributed by atoms with Crippen LogP contribution >= 0.6 is 0 Å². The molecule has 2 N–H and O–H groups in total. The Morgan fingerprint density at radius 3 is 2.92 bits per heavy atom. The lowest BCUT2D eigenvalue weighted by Crippen LogP contribution is -2.17. The Hall–Kier alpha value is -0.830. The van der Waals surface area contributed by atoms with Gasteiger partial charge in [0, 0.05) is 18.9 Å². The molecule has 0 saturated carbocycles. The van der Waals surface area contributed by atoms with Gasteiger partial charge in [-0.3, -0.25) is 0 Å². The maximum Gasteiger partial charge on any atom is 0.123 e. The predicted octanol–water partition coefficient (Wildman–Crippen LogP) is 1.47. The quantitative estimate of drug-likeness (QED) is 0.661. The van der Waals surface area contributed by atoms with Gasteiger partial charge in [-0.25, -0.2) is 4.98 Å². The van der Waals surface area contributed by atoms with Gasteiger partial charge in [-0.15, -0.1) is 0 Å². The first-order valence-corrected chi connectivity index (χ1v) is 4.40. The number of rotatable bonds is 1. The summed E-state index contributed by atoms with van der Waals surface area (Å²) in [6, 6.07) is 0.426. The zero-order valence-corrected chi connectivity index (χ0v) is 7.59. The Balaban J connectivity index is 2.10. The first-order chi connectivity index (χ1) is 5.67. The lowest BCUT2D eigenvalue weighted by Gasteiger charge is -2.14. The number of hydrogen-bond donors (Lipinski definition) is 2. The van der Waals surface area contributed by atoms with Crippen molar-refractivity contribution in [2.24, 2.45) is 5.41 Å². The molecular formula is C9H15N3. The molecule has 1 aliphatic heterocycles. The zero-order chi connectivity index (χ0) is 8.60. The molecule has 12 heavy (non-hydrogen) atoms. The lowest BCUT2D eigenvalue weighted by atomic mass is 9.90. The fraction of sp³-hybridized carbons (Fsp3) is 0.667. The van der Waals surface area contributed by atoms with E-state index in [4.69, 9.17) is 0 Å². The molecule has 3 heteroatoms. The predicted molar refractivity (Wildman–Crippen MR) is 47.7 cm³/mol. The van der Waals surface area contributed by atoms with Crippen molar-refractivity contribution in [3.63, 3.8) is 0 Å². The first kappa shape index (κ1) is 7.80. The second-order valence-corrected chi connectivity index (χ2v) is 4.28. The third-order valence-corrected chi connectivity index (χ3v) is 2.43. The molecule has 0 unspecified atom stereocenters. The molecule has 0 amide bonds. The van der Waals surface area contributed by atoms with E-state index in [9.17, 15) is 0 Å². The van der Waals surface area contributed by atoms with Crippen LogP contribution in [-0.2, 0) is 0 Å². The third kappa shape index (κ3) is 1.37. The molecule has 0 radical (unpaired) electrons. The summed E-state index contributed by atoms with van der Waals surface area (Å²) in [5.74, 6) is 1.07. The Morgan fingerprint density at radius 2 is 2.42 bits per heavy atom. The third-order valence-electron chi connectivity index (χ3n) is 2.43. The molecule has 0 spiro atoms. The Bertz CT molecular complexity index is 251. The fourth-order valence-electron chi connectivity index (χ4n) is 1.76. The minimum Gasteiger partial charge on any atom is -0.347 e. The van der Waals surface area contributed by atoms with Crippen molar-refractivity contribution >= 4 is 0 Å². The van der Waals surface area contributed by atoms with Crippen molar-refractivity contribution in [3.05, 3.63) is 18.2 Å². The van der Waals surface area contributed by atoms with Crippen LogP contribution in [0.25, 0.3) is 0 Å². The van der Waals surface area contributed by atoms with Gasteiger partial charge in [0.2, 0.25) is 0 Å². The molecule has 1 aliphatic rings. The molecule has 0 aliphatic carbocycles. The number of aromatic nitrogens is 2. The molecular weight excluding hydrogens is 150 g/mol. The summed E-state index contributed by atoms with van der Waals surface area (Å²) in [4.78, 5) is 7.39. The summed E-state index contributed by atoms with van der Waals surface area (Å²) in [7, 11) is 0. The summed E-state index contributed by atoms with van der Waals surface area (Å²) in [5, 5.41) is 3.46. The SMILES string of the molecule is CC1(C)CN[C@H](c2ncc[nH]2)C1. The number of imidazole rings is 1. The van der Waals surface area contributed by atoms with Crippen molar-refractivity contribution in [1.82, 2.24) is 15.3 Å². The van der Waals surface area contributed by atoms with E-state index < -0.39 is 0 Å². The number of nitrogens with one attached hydrogen (secondary N) is 2. The van der Waals surface area contributed by atoms with Gasteiger partial charge >= 0.3 is 0 Å². The first-order valence-electron chi connectivity index (χ1n) is 4.40. The number of H-pyrrole nitrogens is 1. The van der Waals surface area contributed by atoms with E-state index in [1.54, 1.807) is 0 Å². The van der Waals surface area contributed by atoms with Gasteiger partial charge < -0.3 is 10.3 Å². The number of hydrogen-bond acceptors (Lipinski definition) is 2. The molecule has 1 aromatic heterocycles. The largest absolute Gasteiger partial charge is 0.347 e. The van der Waals surface area contributed by atoms with Crippen LogP contribution in [0.2, 0.25) is 0 Å². The van der Waals surface area contributed by atoms with Gasteiger partial charge in [-0.2, -0.15) is 0 Å². The molecule has 1 saturated heterocycles. The van der Waals surface area contributed by atoms with Crippen LogP contribution in [0.3, 0.4) is 0 Å². The lowest BCUT2D eigenvalue weighted by molar-refractivity contribution is 0.401. The van der Waals surface area contributed by atoms with Crippen LogP contribution in [0.5, 0.6) is 0 Å².